The third-order valence-corrected chi connectivity index (χ3v) is 4.67. The van der Waals surface area contributed by atoms with Crippen molar-refractivity contribution in [2.45, 2.75) is 18.9 Å². The first-order chi connectivity index (χ1) is 13.7. The second kappa shape index (κ2) is 7.52. The number of hydrogen-bond acceptors (Lipinski definition) is 5. The van der Waals surface area contributed by atoms with Crippen LogP contribution < -0.4 is 4.90 Å². The Morgan fingerprint density at radius 2 is 1.68 bits per heavy atom. The van der Waals surface area contributed by atoms with Gasteiger partial charge in [-0.1, -0.05) is 30.3 Å². The molecule has 138 valence electrons. The molecule has 6 nitrogen and oxygen atoms in total. The summed E-state index contributed by atoms with van der Waals surface area (Å²) in [5, 5.41) is 0. The van der Waals surface area contributed by atoms with E-state index in [-0.39, 0.29) is 17.9 Å². The summed E-state index contributed by atoms with van der Waals surface area (Å²) in [5.41, 5.74) is 1.95. The van der Waals surface area contributed by atoms with Crippen LogP contribution in [0.4, 0.5) is 5.82 Å². The maximum atomic E-state index is 13.2. The number of benzene rings is 1. The molecule has 0 spiro atoms. The second-order valence-corrected chi connectivity index (χ2v) is 6.46. The number of carbonyl (C=O) groups excluding carboxylic acids is 2. The van der Waals surface area contributed by atoms with Crippen LogP contribution in [0.2, 0.25) is 0 Å². The number of carbonyl (C=O) groups is 2. The molecule has 0 radical (unpaired) electrons. The van der Waals surface area contributed by atoms with Crippen molar-refractivity contribution in [3.05, 3.63) is 89.9 Å². The number of nitrogens with zero attached hydrogens (tertiary/aromatic N) is 4. The van der Waals surface area contributed by atoms with Crippen molar-refractivity contribution in [1.29, 1.82) is 0 Å². The van der Waals surface area contributed by atoms with Gasteiger partial charge in [-0.25, -0.2) is 9.88 Å². The van der Waals surface area contributed by atoms with Crippen molar-refractivity contribution in [2.75, 3.05) is 4.90 Å². The molecule has 0 bridgehead atoms. The zero-order chi connectivity index (χ0) is 19.5. The molecule has 3 heterocycles. The number of hydrogen-bond donors (Lipinski definition) is 0. The molecule has 0 N–H and O–H groups in total. The first-order valence-corrected chi connectivity index (χ1v) is 8.99. The minimum Gasteiger partial charge on any atom is -0.287 e. The molecule has 2 amide bonds. The normalized spacial score (nSPS) is 17.6. The summed E-state index contributed by atoms with van der Waals surface area (Å²) in [5.74, 6) is -1.09. The Kier molecular flexibility index (Phi) is 4.76. The lowest BCUT2D eigenvalue weighted by molar-refractivity contribution is -0.118. The van der Waals surface area contributed by atoms with Gasteiger partial charge in [-0.05, 0) is 42.8 Å². The van der Waals surface area contributed by atoms with Crippen LogP contribution >= 0.6 is 0 Å². The first kappa shape index (κ1) is 17.7. The van der Waals surface area contributed by atoms with E-state index in [0.717, 1.165) is 10.6 Å². The van der Waals surface area contributed by atoms with E-state index in [9.17, 15) is 9.59 Å². The molecule has 0 fully saturated rings. The van der Waals surface area contributed by atoms with Crippen LogP contribution in [0.5, 0.6) is 0 Å². The van der Waals surface area contributed by atoms with Crippen molar-refractivity contribution in [2.24, 2.45) is 4.99 Å². The largest absolute Gasteiger partial charge is 0.287 e. The van der Waals surface area contributed by atoms with Gasteiger partial charge in [0.1, 0.15) is 5.82 Å². The zero-order valence-electron chi connectivity index (χ0n) is 15.3. The summed E-state index contributed by atoms with van der Waals surface area (Å²) in [6.07, 6.45) is 4.88. The van der Waals surface area contributed by atoms with E-state index >= 15 is 0 Å². The van der Waals surface area contributed by atoms with Gasteiger partial charge in [0, 0.05) is 24.2 Å². The summed E-state index contributed by atoms with van der Waals surface area (Å²) in [6.45, 7) is 1.92. The van der Waals surface area contributed by atoms with Crippen molar-refractivity contribution >= 4 is 23.8 Å². The highest BCUT2D eigenvalue weighted by molar-refractivity contribution is 6.28. The van der Waals surface area contributed by atoms with E-state index in [1.165, 1.54) is 0 Å². The molecule has 4 rings (SSSR count). The molecule has 28 heavy (non-hydrogen) atoms. The number of imide groups is 1. The minimum absolute atomic E-state index is 0.206. The molecule has 1 aliphatic heterocycles. The third-order valence-electron chi connectivity index (χ3n) is 4.67. The molecule has 1 aliphatic rings. The number of rotatable bonds is 4. The quantitative estimate of drug-likeness (QED) is 0.520. The van der Waals surface area contributed by atoms with E-state index in [4.69, 9.17) is 0 Å². The molecule has 6 heteroatoms. The lowest BCUT2D eigenvalue weighted by Crippen LogP contribution is -2.46. The van der Waals surface area contributed by atoms with Gasteiger partial charge >= 0.3 is 0 Å². The van der Waals surface area contributed by atoms with Crippen molar-refractivity contribution in [3.63, 3.8) is 0 Å². The van der Waals surface area contributed by atoms with Crippen molar-refractivity contribution < 1.29 is 9.59 Å². The number of anilines is 1. The summed E-state index contributed by atoms with van der Waals surface area (Å²) in [7, 11) is 0. The predicted molar refractivity (Wildman–Crippen MR) is 106 cm³/mol. The smallest absolute Gasteiger partial charge is 0.266 e. The molecule has 0 saturated carbocycles. The predicted octanol–water partition coefficient (Wildman–Crippen LogP) is 3.58. The number of aromatic nitrogens is 2. The SMILES string of the molecule is C[C@@H](N=CC1C(=O)N(c2ccccn2)C(=O)c2ccccc21)c1ccccn1. The number of amides is 2. The van der Waals surface area contributed by atoms with Crippen molar-refractivity contribution in [1.82, 2.24) is 9.97 Å². The first-order valence-electron chi connectivity index (χ1n) is 8.99. The molecular weight excluding hydrogens is 352 g/mol. The number of fused-ring (bicyclic) bond motifs is 1. The number of aliphatic imine (C=N–C) groups is 1. The fourth-order valence-corrected chi connectivity index (χ4v) is 3.22. The Morgan fingerprint density at radius 3 is 2.39 bits per heavy atom. The van der Waals surface area contributed by atoms with Gasteiger partial charge in [-0.15, -0.1) is 0 Å². The average molecular weight is 370 g/mol. The highest BCUT2D eigenvalue weighted by atomic mass is 16.2. The van der Waals surface area contributed by atoms with E-state index in [1.54, 1.807) is 55.0 Å². The fourth-order valence-electron chi connectivity index (χ4n) is 3.22. The van der Waals surface area contributed by atoms with Gasteiger partial charge in [0.25, 0.3) is 5.91 Å². The highest BCUT2D eigenvalue weighted by Crippen LogP contribution is 2.31. The van der Waals surface area contributed by atoms with Gasteiger partial charge < -0.3 is 0 Å². The van der Waals surface area contributed by atoms with E-state index < -0.39 is 5.92 Å². The molecule has 0 aliphatic carbocycles. The summed E-state index contributed by atoms with van der Waals surface area (Å²) < 4.78 is 0. The van der Waals surface area contributed by atoms with Crippen LogP contribution in [-0.4, -0.2) is 28.0 Å². The molecule has 0 saturated heterocycles. The van der Waals surface area contributed by atoms with Crippen molar-refractivity contribution in [3.8, 4) is 0 Å². The highest BCUT2D eigenvalue weighted by Gasteiger charge is 2.39. The average Bonchev–Trinajstić information content (AvgIpc) is 2.75. The number of pyridine rings is 2. The molecule has 1 unspecified atom stereocenters. The monoisotopic (exact) mass is 370 g/mol. The third kappa shape index (κ3) is 3.20. The van der Waals surface area contributed by atoms with Crippen LogP contribution in [0.3, 0.4) is 0 Å². The van der Waals surface area contributed by atoms with Crippen LogP contribution in [0, 0.1) is 0 Å². The van der Waals surface area contributed by atoms with E-state index in [0.29, 0.717) is 16.9 Å². The Labute approximate surface area is 162 Å². The minimum atomic E-state index is -0.665. The van der Waals surface area contributed by atoms with Crippen LogP contribution in [0.15, 0.2) is 78.0 Å². The van der Waals surface area contributed by atoms with E-state index in [1.807, 2.05) is 31.2 Å². The van der Waals surface area contributed by atoms with Crippen LogP contribution in [0.25, 0.3) is 0 Å². The van der Waals surface area contributed by atoms with Gasteiger partial charge in [-0.3, -0.25) is 19.6 Å². The van der Waals surface area contributed by atoms with Gasteiger partial charge in [0.05, 0.1) is 17.7 Å². The standard InChI is InChI=1S/C22H18N4O2/c1-15(19-10-4-6-12-23-19)25-14-18-16-8-2-3-9-17(16)21(27)26(22(18)28)20-11-5-7-13-24-20/h2-15,18H,1H3/t15-,18?/m1/s1. The Hall–Kier alpha value is -3.67. The van der Waals surface area contributed by atoms with Gasteiger partial charge in [0.2, 0.25) is 5.91 Å². The maximum absolute atomic E-state index is 13.2. The summed E-state index contributed by atoms with van der Waals surface area (Å²) >= 11 is 0. The molecule has 2 atom stereocenters. The molecule has 3 aromatic rings. The van der Waals surface area contributed by atoms with E-state index in [2.05, 4.69) is 15.0 Å². The van der Waals surface area contributed by atoms with Crippen LogP contribution in [0.1, 0.15) is 40.5 Å². The van der Waals surface area contributed by atoms with Gasteiger partial charge in [-0.2, -0.15) is 0 Å². The fraction of sp³-hybridized carbons (Fsp3) is 0.136. The molecule has 1 aromatic carbocycles. The van der Waals surface area contributed by atoms with Gasteiger partial charge in [0.15, 0.2) is 0 Å². The summed E-state index contributed by atoms with van der Waals surface area (Å²) in [4.78, 5) is 40.3. The Morgan fingerprint density at radius 1 is 0.964 bits per heavy atom. The van der Waals surface area contributed by atoms with Crippen LogP contribution in [-0.2, 0) is 4.79 Å². The summed E-state index contributed by atoms with van der Waals surface area (Å²) in [6, 6.07) is 17.7. The lowest BCUT2D eigenvalue weighted by atomic mass is 9.89. The molecular formula is C22H18N4O2. The zero-order valence-corrected chi connectivity index (χ0v) is 15.3. The Bertz CT molecular complexity index is 1030. The molecule has 2 aromatic heterocycles. The topological polar surface area (TPSA) is 75.5 Å². The lowest BCUT2D eigenvalue weighted by Gasteiger charge is -2.30. The maximum Gasteiger partial charge on any atom is 0.266 e. The second-order valence-electron chi connectivity index (χ2n) is 6.46. The Balaban J connectivity index is 1.73.